The van der Waals surface area contributed by atoms with Gasteiger partial charge in [0.05, 0.1) is 23.7 Å². The van der Waals surface area contributed by atoms with Gasteiger partial charge in [-0.3, -0.25) is 4.72 Å². The zero-order valence-electron chi connectivity index (χ0n) is 21.2. The molecule has 0 saturated heterocycles. The summed E-state index contributed by atoms with van der Waals surface area (Å²) in [6.45, 7) is 4.89. The van der Waals surface area contributed by atoms with Gasteiger partial charge in [-0.15, -0.1) is 0 Å². The Morgan fingerprint density at radius 3 is 2.56 bits per heavy atom. The molecule has 0 atom stereocenters. The van der Waals surface area contributed by atoms with Crippen LogP contribution in [-0.2, 0) is 21.2 Å². The van der Waals surface area contributed by atoms with Crippen LogP contribution in [0.4, 0.5) is 36.2 Å². The number of fused-ring (bicyclic) bond motifs is 1. The van der Waals surface area contributed by atoms with Crippen molar-refractivity contribution in [1.29, 1.82) is 0 Å². The van der Waals surface area contributed by atoms with Gasteiger partial charge in [-0.1, -0.05) is 30.3 Å². The summed E-state index contributed by atoms with van der Waals surface area (Å²) in [5.74, 6) is 5.49. The number of sulfonamides is 1. The molecule has 1 aliphatic heterocycles. The Bertz CT molecular complexity index is 1470. The van der Waals surface area contributed by atoms with Crippen LogP contribution in [0, 0.1) is 0 Å². The van der Waals surface area contributed by atoms with Crippen molar-refractivity contribution in [2.45, 2.75) is 32.2 Å². The highest BCUT2D eigenvalue weighted by Crippen LogP contribution is 2.40. The van der Waals surface area contributed by atoms with Gasteiger partial charge in [0.2, 0.25) is 5.95 Å². The number of ether oxygens (including phenoxy) is 1. The maximum absolute atomic E-state index is 13.3. The number of hydrogen-bond donors (Lipinski definition) is 2. The fraction of sp³-hybridized carbons (Fsp3) is 0.320. The standard InChI is InChI=1S/C25H27F3N6O4S/c1-3-33-12-8-11-17-13-21(19(14-20(17)33)32-39(36,37)25(26,27)28)34(29)24-30-15-18(23(35)38-4-2)22(31-24)16-9-6-5-7-10-16/h5-7,9-10,13-15,32H,3-4,8,11-12,29H2,1-2H3. The summed E-state index contributed by atoms with van der Waals surface area (Å²) in [4.78, 5) is 23.1. The second-order valence-electron chi connectivity index (χ2n) is 8.62. The SMILES string of the molecule is CCOC(=O)c1cnc(N(N)c2cc3c(cc2NS(=O)(=O)C(F)(F)F)N(CC)CCC3)nc1-c1ccccc1. The lowest BCUT2D eigenvalue weighted by Crippen LogP contribution is -2.34. The fourth-order valence-electron chi connectivity index (χ4n) is 4.28. The maximum atomic E-state index is 13.3. The summed E-state index contributed by atoms with van der Waals surface area (Å²) in [5, 5.41) is 0.890. The van der Waals surface area contributed by atoms with E-state index in [1.165, 1.54) is 18.3 Å². The summed E-state index contributed by atoms with van der Waals surface area (Å²) in [6, 6.07) is 11.5. The summed E-state index contributed by atoms with van der Waals surface area (Å²) in [7, 11) is -5.77. The van der Waals surface area contributed by atoms with Crippen LogP contribution in [0.25, 0.3) is 11.3 Å². The Morgan fingerprint density at radius 1 is 1.21 bits per heavy atom. The van der Waals surface area contributed by atoms with Crippen LogP contribution >= 0.6 is 0 Å². The number of nitrogens with one attached hydrogen (secondary N) is 1. The third kappa shape index (κ3) is 5.76. The minimum atomic E-state index is -5.77. The third-order valence-electron chi connectivity index (χ3n) is 6.14. The lowest BCUT2D eigenvalue weighted by Gasteiger charge is -2.32. The average molecular weight is 565 g/mol. The molecule has 4 rings (SSSR count). The predicted molar refractivity (Wildman–Crippen MR) is 141 cm³/mol. The fourth-order valence-corrected chi connectivity index (χ4v) is 4.85. The molecule has 3 N–H and O–H groups in total. The molecule has 0 spiro atoms. The van der Waals surface area contributed by atoms with Crippen molar-refractivity contribution in [3.05, 3.63) is 59.8 Å². The first-order chi connectivity index (χ1) is 18.5. The van der Waals surface area contributed by atoms with Crippen molar-refractivity contribution in [1.82, 2.24) is 9.97 Å². The molecule has 0 unspecified atom stereocenters. The van der Waals surface area contributed by atoms with E-state index in [-0.39, 0.29) is 29.5 Å². The van der Waals surface area contributed by atoms with Crippen molar-refractivity contribution in [2.24, 2.45) is 5.84 Å². The molecule has 39 heavy (non-hydrogen) atoms. The smallest absolute Gasteiger partial charge is 0.462 e. The average Bonchev–Trinajstić information content (AvgIpc) is 2.91. The van der Waals surface area contributed by atoms with Gasteiger partial charge < -0.3 is 9.64 Å². The van der Waals surface area contributed by atoms with E-state index in [9.17, 15) is 26.4 Å². The molecule has 0 aliphatic carbocycles. The molecule has 0 saturated carbocycles. The van der Waals surface area contributed by atoms with Crippen molar-refractivity contribution < 1.29 is 31.1 Å². The van der Waals surface area contributed by atoms with E-state index in [2.05, 4.69) is 9.97 Å². The number of anilines is 4. The molecule has 208 valence electrons. The second kappa shape index (κ2) is 11.1. The second-order valence-corrected chi connectivity index (χ2v) is 10.3. The van der Waals surface area contributed by atoms with Gasteiger partial charge in [-0.05, 0) is 44.4 Å². The van der Waals surface area contributed by atoms with E-state index in [1.807, 2.05) is 11.8 Å². The molecule has 2 heterocycles. The first-order valence-electron chi connectivity index (χ1n) is 12.1. The quantitative estimate of drug-likeness (QED) is 0.233. The molecule has 1 aromatic heterocycles. The van der Waals surface area contributed by atoms with Gasteiger partial charge in [0.1, 0.15) is 5.56 Å². The molecule has 14 heteroatoms. The predicted octanol–water partition coefficient (Wildman–Crippen LogP) is 4.37. The summed E-state index contributed by atoms with van der Waals surface area (Å²) in [6.07, 6.45) is 2.61. The number of nitrogens with zero attached hydrogens (tertiary/aromatic N) is 4. The number of carbonyl (C=O) groups excluding carboxylic acids is 1. The van der Waals surface area contributed by atoms with Gasteiger partial charge in [0.15, 0.2) is 0 Å². The highest BCUT2D eigenvalue weighted by Gasteiger charge is 2.46. The van der Waals surface area contributed by atoms with Crippen LogP contribution in [0.5, 0.6) is 0 Å². The van der Waals surface area contributed by atoms with E-state index in [4.69, 9.17) is 10.6 Å². The Balaban J connectivity index is 1.87. The van der Waals surface area contributed by atoms with Crippen LogP contribution in [0.1, 0.15) is 36.2 Å². The monoisotopic (exact) mass is 564 g/mol. The summed E-state index contributed by atoms with van der Waals surface area (Å²) < 4.78 is 70.8. The van der Waals surface area contributed by atoms with Crippen LogP contribution in [-0.4, -0.2) is 49.6 Å². The van der Waals surface area contributed by atoms with E-state index in [1.54, 1.807) is 42.0 Å². The molecule has 0 bridgehead atoms. The lowest BCUT2D eigenvalue weighted by atomic mass is 10.00. The molecular weight excluding hydrogens is 537 g/mol. The number of halogens is 3. The first kappa shape index (κ1) is 28.1. The van der Waals surface area contributed by atoms with Gasteiger partial charge in [0.25, 0.3) is 0 Å². The largest absolute Gasteiger partial charge is 0.516 e. The molecule has 2 aromatic carbocycles. The van der Waals surface area contributed by atoms with Gasteiger partial charge in [-0.25, -0.2) is 25.6 Å². The highest BCUT2D eigenvalue weighted by molar-refractivity contribution is 7.93. The van der Waals surface area contributed by atoms with Gasteiger partial charge >= 0.3 is 21.5 Å². The molecule has 3 aromatic rings. The Morgan fingerprint density at radius 2 is 1.92 bits per heavy atom. The van der Waals surface area contributed by atoms with Crippen molar-refractivity contribution in [2.75, 3.05) is 34.3 Å². The number of alkyl halides is 3. The summed E-state index contributed by atoms with van der Waals surface area (Å²) >= 11 is 0. The van der Waals surface area contributed by atoms with Crippen molar-refractivity contribution in [3.63, 3.8) is 0 Å². The highest BCUT2D eigenvalue weighted by atomic mass is 32.2. The zero-order chi connectivity index (χ0) is 28.4. The molecule has 0 amide bonds. The van der Waals surface area contributed by atoms with E-state index in [0.29, 0.717) is 30.8 Å². The van der Waals surface area contributed by atoms with Crippen LogP contribution in [0.3, 0.4) is 0 Å². The van der Waals surface area contributed by atoms with Crippen LogP contribution in [0.2, 0.25) is 0 Å². The number of carbonyl (C=O) groups is 1. The molecule has 1 aliphatic rings. The molecule has 0 fully saturated rings. The zero-order valence-corrected chi connectivity index (χ0v) is 22.0. The van der Waals surface area contributed by atoms with Crippen molar-refractivity contribution in [3.8, 4) is 11.3 Å². The Hall–Kier alpha value is -3.91. The Labute approximate surface area is 223 Å². The van der Waals surface area contributed by atoms with Gasteiger partial charge in [0, 0.05) is 30.5 Å². The van der Waals surface area contributed by atoms with Gasteiger partial charge in [-0.2, -0.15) is 21.6 Å². The van der Waals surface area contributed by atoms with Crippen LogP contribution < -0.4 is 20.5 Å². The van der Waals surface area contributed by atoms with Crippen molar-refractivity contribution >= 4 is 39.0 Å². The number of rotatable bonds is 8. The first-order valence-corrected chi connectivity index (χ1v) is 13.6. The number of hydrogen-bond acceptors (Lipinski definition) is 9. The maximum Gasteiger partial charge on any atom is 0.516 e. The lowest BCUT2D eigenvalue weighted by molar-refractivity contribution is -0.0429. The van der Waals surface area contributed by atoms with Crippen LogP contribution in [0.15, 0.2) is 48.7 Å². The minimum Gasteiger partial charge on any atom is -0.462 e. The number of esters is 1. The van der Waals surface area contributed by atoms with E-state index in [0.717, 1.165) is 17.0 Å². The van der Waals surface area contributed by atoms with E-state index >= 15 is 0 Å². The molecule has 0 radical (unpaired) electrons. The normalized spacial score (nSPS) is 13.5. The molecule has 10 nitrogen and oxygen atoms in total. The Kier molecular flexibility index (Phi) is 7.97. The number of hydrazine groups is 1. The third-order valence-corrected chi connectivity index (χ3v) is 7.23. The summed E-state index contributed by atoms with van der Waals surface area (Å²) in [5.41, 5.74) is -3.89. The molecular formula is C25H27F3N6O4S. The number of benzene rings is 2. The van der Waals surface area contributed by atoms with E-state index < -0.39 is 27.2 Å². The number of aryl methyl sites for hydroxylation is 1. The topological polar surface area (TPSA) is 131 Å². The minimum absolute atomic E-state index is 0.0576. The number of nitrogens with two attached hydrogens (primary N) is 1. The number of aromatic nitrogens is 2.